The number of halogens is 1. The van der Waals surface area contributed by atoms with E-state index < -0.39 is 0 Å². The lowest BCUT2D eigenvalue weighted by Crippen LogP contribution is -2.37. The number of rotatable bonds is 4. The Morgan fingerprint density at radius 3 is 2.66 bits per heavy atom. The SMILES string of the molecule is Clc1cccc2cnc(Nc3ccc(-n4cnc(N5CCOCC5)n4)cc3)nc12. The van der Waals surface area contributed by atoms with Crippen molar-refractivity contribution < 1.29 is 4.74 Å². The van der Waals surface area contributed by atoms with Crippen LogP contribution in [0.1, 0.15) is 0 Å². The number of ether oxygens (including phenoxy) is 1. The van der Waals surface area contributed by atoms with Crippen LogP contribution in [0.3, 0.4) is 0 Å². The maximum absolute atomic E-state index is 6.23. The topological polar surface area (TPSA) is 81.0 Å². The maximum Gasteiger partial charge on any atom is 0.245 e. The first kappa shape index (κ1) is 17.8. The average molecular weight is 408 g/mol. The molecule has 0 saturated carbocycles. The molecule has 1 aliphatic rings. The van der Waals surface area contributed by atoms with Crippen LogP contribution in [0.5, 0.6) is 0 Å². The van der Waals surface area contributed by atoms with Crippen LogP contribution in [-0.4, -0.2) is 51.0 Å². The number of hydrogen-bond donors (Lipinski definition) is 1. The van der Waals surface area contributed by atoms with Crippen molar-refractivity contribution in [3.8, 4) is 5.69 Å². The molecule has 2 aromatic carbocycles. The highest BCUT2D eigenvalue weighted by Crippen LogP contribution is 2.23. The van der Waals surface area contributed by atoms with Crippen LogP contribution >= 0.6 is 11.6 Å². The van der Waals surface area contributed by atoms with Crippen molar-refractivity contribution in [2.45, 2.75) is 0 Å². The molecule has 0 unspecified atom stereocenters. The third kappa shape index (κ3) is 3.72. The van der Waals surface area contributed by atoms with E-state index in [4.69, 9.17) is 16.3 Å². The Morgan fingerprint density at radius 1 is 1.00 bits per heavy atom. The number of nitrogens with one attached hydrogen (secondary N) is 1. The van der Waals surface area contributed by atoms with Gasteiger partial charge in [0.2, 0.25) is 11.9 Å². The molecule has 0 spiro atoms. The van der Waals surface area contributed by atoms with Crippen LogP contribution in [0.15, 0.2) is 55.0 Å². The van der Waals surface area contributed by atoms with Crippen molar-refractivity contribution in [1.29, 1.82) is 0 Å². The Balaban J connectivity index is 1.33. The zero-order chi connectivity index (χ0) is 19.6. The summed E-state index contributed by atoms with van der Waals surface area (Å²) in [6.07, 6.45) is 3.48. The van der Waals surface area contributed by atoms with Gasteiger partial charge in [0, 0.05) is 30.4 Å². The van der Waals surface area contributed by atoms with Gasteiger partial charge in [-0.05, 0) is 30.3 Å². The normalized spacial score (nSPS) is 14.3. The minimum absolute atomic E-state index is 0.494. The van der Waals surface area contributed by atoms with Crippen molar-refractivity contribution in [1.82, 2.24) is 24.7 Å². The van der Waals surface area contributed by atoms with E-state index in [1.165, 1.54) is 0 Å². The molecule has 0 atom stereocenters. The molecule has 4 aromatic rings. The van der Waals surface area contributed by atoms with Crippen molar-refractivity contribution >= 4 is 40.1 Å². The second kappa shape index (κ2) is 7.65. The predicted octanol–water partition coefficient (Wildman–Crippen LogP) is 3.44. The Morgan fingerprint density at radius 2 is 1.83 bits per heavy atom. The van der Waals surface area contributed by atoms with E-state index in [9.17, 15) is 0 Å². The molecular formula is C20H18ClN7O. The van der Waals surface area contributed by atoms with E-state index in [0.29, 0.717) is 24.2 Å². The number of nitrogens with zero attached hydrogens (tertiary/aromatic N) is 6. The number of benzene rings is 2. The summed E-state index contributed by atoms with van der Waals surface area (Å²) in [6.45, 7) is 3.03. The summed E-state index contributed by atoms with van der Waals surface area (Å²) in [7, 11) is 0. The Kier molecular flexibility index (Phi) is 4.71. The first-order valence-corrected chi connectivity index (χ1v) is 9.67. The summed E-state index contributed by atoms with van der Waals surface area (Å²) >= 11 is 6.23. The van der Waals surface area contributed by atoms with Crippen LogP contribution < -0.4 is 10.2 Å². The first-order valence-electron chi connectivity index (χ1n) is 9.29. The van der Waals surface area contributed by atoms with Crippen molar-refractivity contribution in [2.24, 2.45) is 0 Å². The smallest absolute Gasteiger partial charge is 0.245 e. The monoisotopic (exact) mass is 407 g/mol. The van der Waals surface area contributed by atoms with Crippen LogP contribution in [0.4, 0.5) is 17.6 Å². The minimum Gasteiger partial charge on any atom is -0.378 e. The van der Waals surface area contributed by atoms with Gasteiger partial charge in [-0.3, -0.25) is 0 Å². The van der Waals surface area contributed by atoms with Gasteiger partial charge in [0.15, 0.2) is 0 Å². The molecule has 2 aromatic heterocycles. The summed E-state index contributed by atoms with van der Waals surface area (Å²) in [6, 6.07) is 13.5. The highest BCUT2D eigenvalue weighted by atomic mass is 35.5. The Labute approximate surface area is 172 Å². The van der Waals surface area contributed by atoms with Gasteiger partial charge in [-0.15, -0.1) is 5.10 Å². The van der Waals surface area contributed by atoms with Crippen LogP contribution in [0.2, 0.25) is 5.02 Å². The highest BCUT2D eigenvalue weighted by molar-refractivity contribution is 6.35. The Bertz CT molecular complexity index is 1140. The van der Waals surface area contributed by atoms with E-state index in [0.717, 1.165) is 41.3 Å². The lowest BCUT2D eigenvalue weighted by molar-refractivity contribution is 0.122. The third-order valence-corrected chi connectivity index (χ3v) is 5.03. The van der Waals surface area contributed by atoms with Crippen LogP contribution in [0, 0.1) is 0 Å². The van der Waals surface area contributed by atoms with Crippen molar-refractivity contribution in [3.63, 3.8) is 0 Å². The maximum atomic E-state index is 6.23. The lowest BCUT2D eigenvalue weighted by atomic mass is 10.2. The fourth-order valence-electron chi connectivity index (χ4n) is 3.19. The number of morpholine rings is 1. The number of para-hydroxylation sites is 1. The van der Waals surface area contributed by atoms with Gasteiger partial charge < -0.3 is 15.0 Å². The van der Waals surface area contributed by atoms with Gasteiger partial charge >= 0.3 is 0 Å². The van der Waals surface area contributed by atoms with Gasteiger partial charge in [0.25, 0.3) is 0 Å². The number of fused-ring (bicyclic) bond motifs is 1. The first-order chi connectivity index (χ1) is 14.3. The molecule has 1 saturated heterocycles. The lowest BCUT2D eigenvalue weighted by Gasteiger charge is -2.25. The van der Waals surface area contributed by atoms with Crippen LogP contribution in [-0.2, 0) is 4.74 Å². The molecular weight excluding hydrogens is 390 g/mol. The average Bonchev–Trinajstić information content (AvgIpc) is 3.26. The molecule has 1 aliphatic heterocycles. The molecule has 3 heterocycles. The zero-order valence-electron chi connectivity index (χ0n) is 15.5. The van der Waals surface area contributed by atoms with Gasteiger partial charge in [0.05, 0.1) is 29.4 Å². The highest BCUT2D eigenvalue weighted by Gasteiger charge is 2.15. The number of aromatic nitrogens is 5. The largest absolute Gasteiger partial charge is 0.378 e. The zero-order valence-corrected chi connectivity index (χ0v) is 16.3. The van der Waals surface area contributed by atoms with E-state index in [1.807, 2.05) is 42.5 Å². The predicted molar refractivity (Wildman–Crippen MR) is 112 cm³/mol. The molecule has 0 aliphatic carbocycles. The summed E-state index contributed by atoms with van der Waals surface area (Å²) in [5, 5.41) is 9.29. The fourth-order valence-corrected chi connectivity index (χ4v) is 3.42. The molecule has 0 bridgehead atoms. The summed E-state index contributed by atoms with van der Waals surface area (Å²) in [5.41, 5.74) is 2.51. The molecule has 0 radical (unpaired) electrons. The molecule has 146 valence electrons. The Hall–Kier alpha value is -3.23. The molecule has 9 heteroatoms. The summed E-state index contributed by atoms with van der Waals surface area (Å²) in [4.78, 5) is 15.4. The molecule has 1 N–H and O–H groups in total. The van der Waals surface area contributed by atoms with Gasteiger partial charge in [-0.2, -0.15) is 4.98 Å². The number of hydrogen-bond acceptors (Lipinski definition) is 7. The molecule has 29 heavy (non-hydrogen) atoms. The van der Waals surface area contributed by atoms with Gasteiger partial charge in [-0.25, -0.2) is 14.6 Å². The van der Waals surface area contributed by atoms with Gasteiger partial charge in [-0.1, -0.05) is 23.7 Å². The summed E-state index contributed by atoms with van der Waals surface area (Å²) in [5.74, 6) is 1.21. The second-order valence-electron chi connectivity index (χ2n) is 6.63. The van der Waals surface area contributed by atoms with E-state index in [2.05, 4.69) is 30.3 Å². The molecule has 1 fully saturated rings. The van der Waals surface area contributed by atoms with E-state index in [1.54, 1.807) is 17.2 Å². The molecule has 8 nitrogen and oxygen atoms in total. The third-order valence-electron chi connectivity index (χ3n) is 4.72. The van der Waals surface area contributed by atoms with Crippen molar-refractivity contribution in [2.75, 3.05) is 36.5 Å². The van der Waals surface area contributed by atoms with Crippen LogP contribution in [0.25, 0.3) is 16.6 Å². The van der Waals surface area contributed by atoms with E-state index in [-0.39, 0.29) is 0 Å². The second-order valence-corrected chi connectivity index (χ2v) is 7.04. The minimum atomic E-state index is 0.494. The quantitative estimate of drug-likeness (QED) is 0.555. The van der Waals surface area contributed by atoms with Crippen molar-refractivity contribution in [3.05, 3.63) is 60.0 Å². The van der Waals surface area contributed by atoms with E-state index >= 15 is 0 Å². The molecule has 5 rings (SSSR count). The fraction of sp³-hybridized carbons (Fsp3) is 0.200. The summed E-state index contributed by atoms with van der Waals surface area (Å²) < 4.78 is 7.14. The van der Waals surface area contributed by atoms with Gasteiger partial charge in [0.1, 0.15) is 6.33 Å². The number of anilines is 3. The molecule has 0 amide bonds. The standard InChI is InChI=1S/C20H18ClN7O/c21-17-3-1-2-14-12-22-19(25-18(14)17)24-15-4-6-16(7-5-15)28-13-23-20(26-28)27-8-10-29-11-9-27/h1-7,12-13H,8-11H2,(H,22,24,25).